The van der Waals surface area contributed by atoms with E-state index < -0.39 is 0 Å². The van der Waals surface area contributed by atoms with E-state index in [1.165, 1.54) is 18.5 Å². The van der Waals surface area contributed by atoms with E-state index >= 15 is 0 Å². The predicted molar refractivity (Wildman–Crippen MR) is 93.9 cm³/mol. The number of rotatable bonds is 3. The van der Waals surface area contributed by atoms with Crippen LogP contribution in [0.3, 0.4) is 0 Å². The Balaban J connectivity index is 1.42. The lowest BCUT2D eigenvalue weighted by Crippen LogP contribution is -2.30. The number of anilines is 2. The van der Waals surface area contributed by atoms with E-state index in [1.807, 2.05) is 0 Å². The van der Waals surface area contributed by atoms with E-state index in [9.17, 15) is 0 Å². The van der Waals surface area contributed by atoms with Crippen LogP contribution in [0.1, 0.15) is 24.5 Å². The molecule has 25 heavy (non-hydrogen) atoms. The molecule has 1 unspecified atom stereocenters. The summed E-state index contributed by atoms with van der Waals surface area (Å²) in [6.45, 7) is 3.33. The van der Waals surface area contributed by atoms with Crippen molar-refractivity contribution < 1.29 is 0 Å². The van der Waals surface area contributed by atoms with E-state index in [-0.39, 0.29) is 0 Å². The van der Waals surface area contributed by atoms with E-state index in [4.69, 9.17) is 15.7 Å². The Labute approximate surface area is 146 Å². The first kappa shape index (κ1) is 13.9. The Morgan fingerprint density at radius 3 is 2.52 bits per heavy atom. The molecule has 5 heterocycles. The van der Waals surface area contributed by atoms with Crippen LogP contribution in [0.4, 0.5) is 11.9 Å². The Hall–Kier alpha value is -2.28. The number of fused-ring (bicyclic) bond motifs is 2. The highest BCUT2D eigenvalue weighted by molar-refractivity contribution is 5.60. The molecule has 0 spiro atoms. The van der Waals surface area contributed by atoms with Gasteiger partial charge in [0.2, 0.25) is 11.9 Å². The van der Waals surface area contributed by atoms with E-state index in [0.717, 1.165) is 54.6 Å². The molecular formula is C18H21N7. The van der Waals surface area contributed by atoms with Crippen molar-refractivity contribution in [2.24, 2.45) is 17.8 Å². The summed E-state index contributed by atoms with van der Waals surface area (Å²) in [7, 11) is 0. The first-order valence-electron chi connectivity index (χ1n) is 9.20. The lowest BCUT2D eigenvalue weighted by molar-refractivity contribution is 0.380. The molecule has 7 nitrogen and oxygen atoms in total. The lowest BCUT2D eigenvalue weighted by atomic mass is 9.86. The van der Waals surface area contributed by atoms with Crippen LogP contribution in [0, 0.1) is 17.8 Å². The van der Waals surface area contributed by atoms with Crippen molar-refractivity contribution in [2.75, 3.05) is 30.3 Å². The predicted octanol–water partition coefficient (Wildman–Crippen LogP) is 1.05. The number of aromatic nitrogens is 4. The Bertz CT molecular complexity index is 820. The van der Waals surface area contributed by atoms with Crippen molar-refractivity contribution in [3.8, 4) is 11.3 Å². The van der Waals surface area contributed by atoms with Gasteiger partial charge in [-0.2, -0.15) is 0 Å². The molecule has 0 amide bonds. The molecule has 2 bridgehead atoms. The molecule has 0 aromatic carbocycles. The molecule has 3 atom stereocenters. The molecule has 0 radical (unpaired) electrons. The van der Waals surface area contributed by atoms with E-state index in [1.54, 1.807) is 12.4 Å². The van der Waals surface area contributed by atoms with Crippen LogP contribution in [-0.4, -0.2) is 45.6 Å². The van der Waals surface area contributed by atoms with Gasteiger partial charge in [0.25, 0.3) is 0 Å². The van der Waals surface area contributed by atoms with Crippen LogP contribution in [0.2, 0.25) is 0 Å². The number of nitrogen functional groups attached to an aromatic ring is 1. The quantitative estimate of drug-likeness (QED) is 0.866. The maximum atomic E-state index is 5.64. The number of hydrogen-bond donors (Lipinski definition) is 2. The average Bonchev–Trinajstić information content (AvgIpc) is 3.04. The summed E-state index contributed by atoms with van der Waals surface area (Å²) in [5.41, 5.74) is 8.66. The zero-order valence-corrected chi connectivity index (χ0v) is 14.0. The van der Waals surface area contributed by atoms with Gasteiger partial charge in [0.1, 0.15) is 0 Å². The fraction of sp³-hybridized carbons (Fsp3) is 0.556. The number of piperidine rings is 1. The maximum absolute atomic E-state index is 5.64. The van der Waals surface area contributed by atoms with Gasteiger partial charge in [-0.1, -0.05) is 0 Å². The van der Waals surface area contributed by atoms with Crippen LogP contribution in [0.25, 0.3) is 11.3 Å². The molecule has 7 rings (SSSR count). The topological polar surface area (TPSA) is 92.8 Å². The molecule has 128 valence electrons. The molecule has 3 N–H and O–H groups in total. The summed E-state index contributed by atoms with van der Waals surface area (Å²) in [6, 6.07) is 2.78. The number of nitrogens with zero attached hydrogens (tertiary/aromatic N) is 5. The smallest absolute Gasteiger partial charge is 0.226 e. The van der Waals surface area contributed by atoms with Crippen LogP contribution in [-0.2, 0) is 0 Å². The summed E-state index contributed by atoms with van der Waals surface area (Å²) in [4.78, 5) is 20.6. The Kier molecular flexibility index (Phi) is 2.72. The third-order valence-corrected chi connectivity index (χ3v) is 6.50. The molecule has 2 aromatic rings. The lowest BCUT2D eigenvalue weighted by Gasteiger charge is -2.26. The van der Waals surface area contributed by atoms with Crippen molar-refractivity contribution in [1.29, 1.82) is 0 Å². The third kappa shape index (κ3) is 2.08. The van der Waals surface area contributed by atoms with Gasteiger partial charge < -0.3 is 16.0 Å². The highest BCUT2D eigenvalue weighted by Crippen LogP contribution is 2.56. The van der Waals surface area contributed by atoms with Crippen molar-refractivity contribution in [1.82, 2.24) is 25.3 Å². The minimum atomic E-state index is 0.293. The van der Waals surface area contributed by atoms with E-state index in [0.29, 0.717) is 17.9 Å². The second-order valence-corrected chi connectivity index (χ2v) is 7.96. The molecule has 2 saturated carbocycles. The summed E-state index contributed by atoms with van der Waals surface area (Å²) >= 11 is 0. The Morgan fingerprint density at radius 1 is 1.08 bits per heavy atom. The second kappa shape index (κ2) is 4.88. The second-order valence-electron chi connectivity index (χ2n) is 7.96. The van der Waals surface area contributed by atoms with Crippen molar-refractivity contribution in [3.05, 3.63) is 24.2 Å². The van der Waals surface area contributed by atoms with Gasteiger partial charge in [-0.25, -0.2) is 19.9 Å². The minimum absolute atomic E-state index is 0.293. The molecule has 7 heteroatoms. The number of hydrogen-bond acceptors (Lipinski definition) is 7. The van der Waals surface area contributed by atoms with Gasteiger partial charge in [0.05, 0.1) is 11.4 Å². The normalized spacial score (nSPS) is 34.7. The van der Waals surface area contributed by atoms with Gasteiger partial charge >= 0.3 is 0 Å². The first-order valence-corrected chi connectivity index (χ1v) is 9.20. The van der Waals surface area contributed by atoms with E-state index in [2.05, 4.69) is 26.3 Å². The summed E-state index contributed by atoms with van der Waals surface area (Å²) in [5, 5.41) is 3.47. The summed E-state index contributed by atoms with van der Waals surface area (Å²) in [5.74, 6) is 4.09. The van der Waals surface area contributed by atoms with Gasteiger partial charge in [0, 0.05) is 36.5 Å². The van der Waals surface area contributed by atoms with Gasteiger partial charge in [-0.05, 0) is 49.8 Å². The monoisotopic (exact) mass is 335 g/mol. The largest absolute Gasteiger partial charge is 0.368 e. The Morgan fingerprint density at radius 2 is 1.84 bits per heavy atom. The summed E-state index contributed by atoms with van der Waals surface area (Å²) < 4.78 is 0. The maximum Gasteiger partial charge on any atom is 0.226 e. The molecule has 2 aromatic heterocycles. The number of nitrogens with one attached hydrogen (secondary N) is 1. The van der Waals surface area contributed by atoms with Crippen molar-refractivity contribution >= 4 is 11.9 Å². The van der Waals surface area contributed by atoms with Crippen LogP contribution >= 0.6 is 0 Å². The van der Waals surface area contributed by atoms with Crippen molar-refractivity contribution in [3.63, 3.8) is 0 Å². The van der Waals surface area contributed by atoms with Gasteiger partial charge in [-0.3, -0.25) is 0 Å². The first-order chi connectivity index (χ1) is 12.3. The van der Waals surface area contributed by atoms with Crippen LogP contribution < -0.4 is 16.0 Å². The van der Waals surface area contributed by atoms with Crippen LogP contribution in [0.15, 0.2) is 18.5 Å². The SMILES string of the molecule is Nc1ncc(-c2cc(C3[C@H]4CNC[C@@H]34)nc(N3CC4CC3C4)n2)cn1. The zero-order chi connectivity index (χ0) is 16.5. The highest BCUT2D eigenvalue weighted by atomic mass is 15.3. The van der Waals surface area contributed by atoms with Crippen LogP contribution in [0.5, 0.6) is 0 Å². The fourth-order valence-electron chi connectivity index (χ4n) is 5.00. The fourth-order valence-corrected chi connectivity index (χ4v) is 5.00. The zero-order valence-electron chi connectivity index (χ0n) is 14.0. The summed E-state index contributed by atoms with van der Waals surface area (Å²) in [6.07, 6.45) is 6.12. The molecule has 2 aliphatic carbocycles. The molecule has 5 aliphatic rings. The van der Waals surface area contributed by atoms with Gasteiger partial charge in [-0.15, -0.1) is 0 Å². The third-order valence-electron chi connectivity index (χ3n) is 6.50. The average molecular weight is 335 g/mol. The van der Waals surface area contributed by atoms with Gasteiger partial charge in [0.15, 0.2) is 0 Å². The molecule has 3 saturated heterocycles. The van der Waals surface area contributed by atoms with Crippen molar-refractivity contribution in [2.45, 2.75) is 24.8 Å². The molecule has 5 fully saturated rings. The highest BCUT2D eigenvalue weighted by Gasteiger charge is 2.54. The number of nitrogens with two attached hydrogens (primary N) is 1. The molecule has 3 aliphatic heterocycles. The molecular weight excluding hydrogens is 314 g/mol. The standard InChI is InChI=1S/C18H21N7/c19-17-21-4-10(5-22-17)14-3-15(16-12-6-20-7-13(12)16)24-18(23-14)25-8-9-1-11(25)2-9/h3-5,9,11-13,16,20H,1-2,6-8H2,(H2,19,21,22)/t9?,11?,12-,13+,16?. The minimum Gasteiger partial charge on any atom is -0.368 e.